The minimum atomic E-state index is -3.37. The lowest BCUT2D eigenvalue weighted by atomic mass is 10.8. The molecule has 0 aliphatic rings. The van der Waals surface area contributed by atoms with Gasteiger partial charge in [-0.2, -0.15) is 21.2 Å². The lowest BCUT2D eigenvalue weighted by molar-refractivity contribution is 0.485. The highest BCUT2D eigenvalue weighted by Crippen LogP contribution is 2.10. The summed E-state index contributed by atoms with van der Waals surface area (Å²) in [6.45, 7) is 0.503. The van der Waals surface area contributed by atoms with E-state index in [9.17, 15) is 8.42 Å². The van der Waals surface area contributed by atoms with Crippen LogP contribution in [-0.4, -0.2) is 48.5 Å². The molecule has 1 rings (SSSR count). The van der Waals surface area contributed by atoms with Gasteiger partial charge >= 0.3 is 0 Å². The number of hydrogen-bond acceptors (Lipinski definition) is 4. The van der Waals surface area contributed by atoms with Crippen molar-refractivity contribution in [3.05, 3.63) is 12.3 Å². The van der Waals surface area contributed by atoms with Gasteiger partial charge in [-0.3, -0.25) is 5.10 Å². The average molecular weight is 235 g/mol. The van der Waals surface area contributed by atoms with Crippen LogP contribution in [0, 0.1) is 0 Å². The van der Waals surface area contributed by atoms with Crippen molar-refractivity contribution in [1.29, 1.82) is 0 Å². The summed E-state index contributed by atoms with van der Waals surface area (Å²) >= 11 is 1.61. The van der Waals surface area contributed by atoms with Crippen molar-refractivity contribution >= 4 is 21.8 Å². The summed E-state index contributed by atoms with van der Waals surface area (Å²) in [7, 11) is -1.80. The Morgan fingerprint density at radius 2 is 2.36 bits per heavy atom. The molecule has 0 bridgehead atoms. The lowest BCUT2D eigenvalue weighted by Gasteiger charge is -2.14. The van der Waals surface area contributed by atoms with Crippen molar-refractivity contribution in [3.63, 3.8) is 0 Å². The van der Waals surface area contributed by atoms with Gasteiger partial charge < -0.3 is 0 Å². The average Bonchev–Trinajstić information content (AvgIpc) is 2.67. The molecule has 0 amide bonds. The van der Waals surface area contributed by atoms with Crippen LogP contribution in [0.25, 0.3) is 0 Å². The summed E-state index contributed by atoms with van der Waals surface area (Å²) in [5.41, 5.74) is 0. The van der Waals surface area contributed by atoms with E-state index in [4.69, 9.17) is 0 Å². The van der Waals surface area contributed by atoms with E-state index in [0.717, 1.165) is 5.75 Å². The number of H-pyrrole nitrogens is 1. The number of nitrogens with one attached hydrogen (secondary N) is 1. The molecule has 14 heavy (non-hydrogen) atoms. The van der Waals surface area contributed by atoms with E-state index in [-0.39, 0.29) is 5.03 Å². The van der Waals surface area contributed by atoms with E-state index in [2.05, 4.69) is 10.2 Å². The van der Waals surface area contributed by atoms with Crippen LogP contribution in [0.4, 0.5) is 0 Å². The predicted molar refractivity (Wildman–Crippen MR) is 56.8 cm³/mol. The zero-order valence-corrected chi connectivity index (χ0v) is 9.73. The summed E-state index contributed by atoms with van der Waals surface area (Å²) in [6, 6.07) is 1.45. The molecule has 0 saturated heterocycles. The molecular weight excluding hydrogens is 222 g/mol. The number of thioether (sulfide) groups is 1. The number of rotatable bonds is 5. The topological polar surface area (TPSA) is 66.1 Å². The van der Waals surface area contributed by atoms with Crippen LogP contribution in [0.2, 0.25) is 0 Å². The number of aromatic amines is 1. The number of sulfonamides is 1. The number of aromatic nitrogens is 2. The summed E-state index contributed by atoms with van der Waals surface area (Å²) in [5.74, 6) is 0.782. The zero-order valence-electron chi connectivity index (χ0n) is 8.10. The molecule has 5 nitrogen and oxygen atoms in total. The molecule has 0 unspecified atom stereocenters. The van der Waals surface area contributed by atoms with Gasteiger partial charge in [-0.05, 0) is 12.3 Å². The van der Waals surface area contributed by atoms with E-state index in [0.29, 0.717) is 6.54 Å². The van der Waals surface area contributed by atoms with Crippen molar-refractivity contribution in [1.82, 2.24) is 14.5 Å². The Hall–Kier alpha value is -0.530. The Morgan fingerprint density at radius 3 is 2.86 bits per heavy atom. The van der Waals surface area contributed by atoms with Crippen LogP contribution in [0.15, 0.2) is 17.3 Å². The van der Waals surface area contributed by atoms with Crippen molar-refractivity contribution < 1.29 is 8.42 Å². The lowest BCUT2D eigenvalue weighted by Crippen LogP contribution is -2.29. The normalized spacial score (nSPS) is 12.2. The molecule has 1 aromatic rings. The van der Waals surface area contributed by atoms with Crippen LogP contribution in [0.3, 0.4) is 0 Å². The fourth-order valence-corrected chi connectivity index (χ4v) is 2.54. The molecule has 80 valence electrons. The third kappa shape index (κ3) is 2.49. The highest BCUT2D eigenvalue weighted by molar-refractivity contribution is 7.98. The summed E-state index contributed by atoms with van der Waals surface area (Å²) in [4.78, 5) is 0. The molecule has 1 aromatic heterocycles. The SMILES string of the molecule is CSCCN(C)S(=O)(=O)c1ccn[nH]1. The maximum Gasteiger partial charge on any atom is 0.259 e. The van der Waals surface area contributed by atoms with Crippen molar-refractivity contribution in [2.75, 3.05) is 25.6 Å². The summed E-state index contributed by atoms with van der Waals surface area (Å²) in [6.07, 6.45) is 3.37. The van der Waals surface area contributed by atoms with E-state index in [1.165, 1.54) is 16.6 Å². The van der Waals surface area contributed by atoms with Gasteiger partial charge in [0.15, 0.2) is 5.03 Å². The van der Waals surface area contributed by atoms with E-state index in [1.807, 2.05) is 6.26 Å². The third-order valence-electron chi connectivity index (χ3n) is 1.77. The van der Waals surface area contributed by atoms with Gasteiger partial charge in [0.2, 0.25) is 0 Å². The van der Waals surface area contributed by atoms with Crippen LogP contribution >= 0.6 is 11.8 Å². The standard InChI is InChI=1S/C7H13N3O2S2/c1-10(5-6-13-2)14(11,12)7-3-4-8-9-7/h3-4H,5-6H2,1-2H3,(H,8,9). The molecule has 7 heteroatoms. The fourth-order valence-electron chi connectivity index (χ4n) is 0.895. The minimum absolute atomic E-state index is 0.140. The maximum atomic E-state index is 11.7. The molecule has 0 saturated carbocycles. The molecule has 0 spiro atoms. The van der Waals surface area contributed by atoms with Crippen LogP contribution in [0.1, 0.15) is 0 Å². The fraction of sp³-hybridized carbons (Fsp3) is 0.571. The third-order valence-corrected chi connectivity index (χ3v) is 4.15. The van der Waals surface area contributed by atoms with E-state index < -0.39 is 10.0 Å². The molecule has 0 fully saturated rings. The first-order chi connectivity index (χ1) is 6.59. The first-order valence-corrected chi connectivity index (χ1v) is 6.87. The van der Waals surface area contributed by atoms with Gasteiger partial charge in [0.1, 0.15) is 0 Å². The maximum absolute atomic E-state index is 11.7. The zero-order chi connectivity index (χ0) is 10.6. The van der Waals surface area contributed by atoms with Gasteiger partial charge in [0.25, 0.3) is 10.0 Å². The second kappa shape index (κ2) is 4.81. The Morgan fingerprint density at radius 1 is 1.64 bits per heavy atom. The first kappa shape index (κ1) is 11.5. The second-order valence-electron chi connectivity index (χ2n) is 2.74. The number of hydrogen-bond donors (Lipinski definition) is 1. The first-order valence-electron chi connectivity index (χ1n) is 4.03. The Labute approximate surface area is 87.9 Å². The van der Waals surface area contributed by atoms with Crippen LogP contribution in [0.5, 0.6) is 0 Å². The molecule has 0 atom stereocenters. The molecule has 0 radical (unpaired) electrons. The molecular formula is C7H13N3O2S2. The van der Waals surface area contributed by atoms with Gasteiger partial charge in [0.05, 0.1) is 6.20 Å². The van der Waals surface area contributed by atoms with Crippen molar-refractivity contribution in [2.45, 2.75) is 5.03 Å². The number of nitrogens with zero attached hydrogens (tertiary/aromatic N) is 2. The minimum Gasteiger partial charge on any atom is -0.266 e. The van der Waals surface area contributed by atoms with E-state index >= 15 is 0 Å². The molecule has 0 aromatic carbocycles. The second-order valence-corrected chi connectivity index (χ2v) is 5.74. The van der Waals surface area contributed by atoms with Crippen LogP contribution < -0.4 is 0 Å². The predicted octanol–water partition coefficient (Wildman–Crippen LogP) is 0.393. The summed E-state index contributed by atoms with van der Waals surface area (Å²) in [5, 5.41) is 6.20. The van der Waals surface area contributed by atoms with Gasteiger partial charge in [-0.1, -0.05) is 0 Å². The largest absolute Gasteiger partial charge is 0.266 e. The van der Waals surface area contributed by atoms with Crippen molar-refractivity contribution in [2.24, 2.45) is 0 Å². The Balaban J connectivity index is 2.76. The quantitative estimate of drug-likeness (QED) is 0.802. The smallest absolute Gasteiger partial charge is 0.259 e. The van der Waals surface area contributed by atoms with E-state index in [1.54, 1.807) is 18.8 Å². The van der Waals surface area contributed by atoms with Crippen LogP contribution in [-0.2, 0) is 10.0 Å². The Kier molecular flexibility index (Phi) is 3.97. The highest BCUT2D eigenvalue weighted by Gasteiger charge is 2.21. The molecule has 0 aliphatic carbocycles. The van der Waals surface area contributed by atoms with Gasteiger partial charge in [-0.25, -0.2) is 8.42 Å². The van der Waals surface area contributed by atoms with Gasteiger partial charge in [0, 0.05) is 19.3 Å². The highest BCUT2D eigenvalue weighted by atomic mass is 32.2. The Bertz CT molecular complexity index is 360. The molecule has 1 N–H and O–H groups in total. The van der Waals surface area contributed by atoms with Gasteiger partial charge in [-0.15, -0.1) is 0 Å². The monoisotopic (exact) mass is 235 g/mol. The molecule has 0 aliphatic heterocycles. The van der Waals surface area contributed by atoms with Crippen molar-refractivity contribution in [3.8, 4) is 0 Å². The summed E-state index contributed by atoms with van der Waals surface area (Å²) < 4.78 is 24.8. The molecule has 1 heterocycles.